The third kappa shape index (κ3) is 6.05. The fourth-order valence-electron chi connectivity index (χ4n) is 2.04. The van der Waals surface area contributed by atoms with E-state index in [-0.39, 0.29) is 5.91 Å². The second-order valence-electron chi connectivity index (χ2n) is 5.05. The van der Waals surface area contributed by atoms with Crippen LogP contribution in [0.2, 0.25) is 0 Å². The van der Waals surface area contributed by atoms with Crippen LogP contribution in [0.3, 0.4) is 0 Å². The van der Waals surface area contributed by atoms with Crippen molar-refractivity contribution in [1.82, 2.24) is 5.32 Å². The highest BCUT2D eigenvalue weighted by molar-refractivity contribution is 7.98. The predicted molar refractivity (Wildman–Crippen MR) is 90.2 cm³/mol. The van der Waals surface area contributed by atoms with E-state index in [2.05, 4.69) is 36.5 Å². The maximum Gasteiger partial charge on any atom is 0.221 e. The lowest BCUT2D eigenvalue weighted by Crippen LogP contribution is -2.23. The van der Waals surface area contributed by atoms with E-state index in [1.54, 1.807) is 11.8 Å². The molecular formula is C18H21NOS. The van der Waals surface area contributed by atoms with Crippen molar-refractivity contribution in [2.24, 2.45) is 0 Å². The maximum atomic E-state index is 11.8. The van der Waals surface area contributed by atoms with E-state index in [1.165, 1.54) is 11.1 Å². The quantitative estimate of drug-likeness (QED) is 0.785. The molecule has 2 nitrogen and oxygen atoms in total. The summed E-state index contributed by atoms with van der Waals surface area (Å²) in [6.45, 7) is 2.68. The van der Waals surface area contributed by atoms with Crippen molar-refractivity contribution in [2.75, 3.05) is 5.75 Å². The van der Waals surface area contributed by atoms with Gasteiger partial charge in [0.25, 0.3) is 0 Å². The Bertz CT molecular complexity index is 568. The van der Waals surface area contributed by atoms with Gasteiger partial charge in [-0.25, -0.2) is 0 Å². The number of thioether (sulfide) groups is 1. The molecule has 2 rings (SSSR count). The van der Waals surface area contributed by atoms with Gasteiger partial charge in [0.15, 0.2) is 0 Å². The molecule has 0 unspecified atom stereocenters. The molecule has 2 aromatic carbocycles. The fraction of sp³-hybridized carbons (Fsp3) is 0.278. The molecule has 2 aromatic rings. The van der Waals surface area contributed by atoms with Crippen molar-refractivity contribution >= 4 is 17.7 Å². The molecule has 0 heterocycles. The first-order chi connectivity index (χ1) is 10.2. The number of carbonyl (C=O) groups is 1. The molecule has 0 fully saturated rings. The van der Waals surface area contributed by atoms with Crippen molar-refractivity contribution < 1.29 is 4.79 Å². The summed E-state index contributed by atoms with van der Waals surface area (Å²) in [5.74, 6) is 1.94. The molecule has 0 aromatic heterocycles. The number of carbonyl (C=O) groups excluding carboxylic acids is 1. The average Bonchev–Trinajstić information content (AvgIpc) is 2.51. The molecule has 1 amide bonds. The molecule has 0 aliphatic rings. The monoisotopic (exact) mass is 299 g/mol. The lowest BCUT2D eigenvalue weighted by Gasteiger charge is -2.06. The highest BCUT2D eigenvalue weighted by Gasteiger charge is 2.02. The van der Waals surface area contributed by atoms with Gasteiger partial charge in [0, 0.05) is 24.5 Å². The molecule has 0 radical (unpaired) electrons. The van der Waals surface area contributed by atoms with Gasteiger partial charge in [-0.1, -0.05) is 60.2 Å². The zero-order valence-corrected chi connectivity index (χ0v) is 13.2. The molecule has 3 heteroatoms. The Morgan fingerprint density at radius 2 is 1.81 bits per heavy atom. The summed E-state index contributed by atoms with van der Waals surface area (Å²) >= 11 is 1.80. The highest BCUT2D eigenvalue weighted by atomic mass is 32.2. The van der Waals surface area contributed by atoms with Crippen LogP contribution in [0.4, 0.5) is 0 Å². The van der Waals surface area contributed by atoms with Gasteiger partial charge in [-0.15, -0.1) is 0 Å². The van der Waals surface area contributed by atoms with Gasteiger partial charge in [-0.2, -0.15) is 11.8 Å². The van der Waals surface area contributed by atoms with Gasteiger partial charge >= 0.3 is 0 Å². The number of aryl methyl sites for hydroxylation is 1. The van der Waals surface area contributed by atoms with Crippen LogP contribution in [0.5, 0.6) is 0 Å². The Morgan fingerprint density at radius 1 is 1.05 bits per heavy atom. The van der Waals surface area contributed by atoms with E-state index in [0.29, 0.717) is 13.0 Å². The van der Waals surface area contributed by atoms with E-state index in [0.717, 1.165) is 17.1 Å². The van der Waals surface area contributed by atoms with Crippen molar-refractivity contribution in [3.8, 4) is 0 Å². The van der Waals surface area contributed by atoms with Gasteiger partial charge in [0.05, 0.1) is 0 Å². The third-order valence-corrected chi connectivity index (χ3v) is 4.19. The normalized spacial score (nSPS) is 10.3. The molecule has 0 saturated carbocycles. The summed E-state index contributed by atoms with van der Waals surface area (Å²) in [4.78, 5) is 11.8. The van der Waals surface area contributed by atoms with Crippen LogP contribution >= 0.6 is 11.8 Å². The Hall–Kier alpha value is -1.74. The molecular weight excluding hydrogens is 278 g/mol. The smallest absolute Gasteiger partial charge is 0.221 e. The first-order valence-electron chi connectivity index (χ1n) is 7.18. The largest absolute Gasteiger partial charge is 0.352 e. The summed E-state index contributed by atoms with van der Waals surface area (Å²) in [5, 5.41) is 2.97. The van der Waals surface area contributed by atoms with Gasteiger partial charge in [0.1, 0.15) is 0 Å². The summed E-state index contributed by atoms with van der Waals surface area (Å²) < 4.78 is 0. The molecule has 0 saturated heterocycles. The van der Waals surface area contributed by atoms with Crippen LogP contribution in [0.15, 0.2) is 54.6 Å². The Labute approximate surface area is 131 Å². The number of amides is 1. The zero-order valence-electron chi connectivity index (χ0n) is 12.3. The lowest BCUT2D eigenvalue weighted by atomic mass is 10.1. The average molecular weight is 299 g/mol. The van der Waals surface area contributed by atoms with E-state index >= 15 is 0 Å². The Kier molecular flexibility index (Phi) is 6.35. The van der Waals surface area contributed by atoms with Crippen molar-refractivity contribution in [3.63, 3.8) is 0 Å². The van der Waals surface area contributed by atoms with E-state index in [9.17, 15) is 4.79 Å². The van der Waals surface area contributed by atoms with Crippen LogP contribution in [-0.4, -0.2) is 11.7 Å². The zero-order chi connectivity index (χ0) is 14.9. The number of rotatable bonds is 7. The molecule has 0 bridgehead atoms. The predicted octanol–water partition coefficient (Wildman–Crippen LogP) is 3.93. The third-order valence-electron chi connectivity index (χ3n) is 3.16. The van der Waals surface area contributed by atoms with Gasteiger partial charge in [-0.05, 0) is 18.1 Å². The molecule has 110 valence electrons. The fourth-order valence-corrected chi connectivity index (χ4v) is 2.94. The van der Waals surface area contributed by atoms with Crippen molar-refractivity contribution in [3.05, 3.63) is 71.3 Å². The molecule has 0 atom stereocenters. The van der Waals surface area contributed by atoms with Gasteiger partial charge < -0.3 is 5.32 Å². The van der Waals surface area contributed by atoms with Gasteiger partial charge in [0.2, 0.25) is 5.91 Å². The van der Waals surface area contributed by atoms with E-state index < -0.39 is 0 Å². The first-order valence-corrected chi connectivity index (χ1v) is 8.33. The molecule has 0 aliphatic carbocycles. The number of nitrogens with one attached hydrogen (secondary N) is 1. The summed E-state index contributed by atoms with van der Waals surface area (Å²) in [6, 6.07) is 18.6. The summed E-state index contributed by atoms with van der Waals surface area (Å²) in [6.07, 6.45) is 0.573. The topological polar surface area (TPSA) is 29.1 Å². The van der Waals surface area contributed by atoms with Crippen LogP contribution in [0, 0.1) is 6.92 Å². The number of hydrogen-bond donors (Lipinski definition) is 1. The minimum Gasteiger partial charge on any atom is -0.352 e. The summed E-state index contributed by atoms with van der Waals surface area (Å²) in [7, 11) is 0. The lowest BCUT2D eigenvalue weighted by molar-refractivity contribution is -0.120. The minimum absolute atomic E-state index is 0.122. The maximum absolute atomic E-state index is 11.8. The molecule has 21 heavy (non-hydrogen) atoms. The Balaban J connectivity index is 1.62. The number of benzene rings is 2. The van der Waals surface area contributed by atoms with Crippen LogP contribution in [0.1, 0.15) is 23.1 Å². The van der Waals surface area contributed by atoms with E-state index in [4.69, 9.17) is 0 Å². The molecule has 0 spiro atoms. The molecule has 0 aliphatic heterocycles. The summed E-state index contributed by atoms with van der Waals surface area (Å²) in [5.41, 5.74) is 3.68. The van der Waals surface area contributed by atoms with Crippen LogP contribution in [0.25, 0.3) is 0 Å². The second kappa shape index (κ2) is 8.53. The van der Waals surface area contributed by atoms with Gasteiger partial charge in [-0.3, -0.25) is 4.79 Å². The SMILES string of the molecule is Cc1cccc(CNC(=O)CCSCc2ccccc2)c1. The van der Waals surface area contributed by atoms with Crippen molar-refractivity contribution in [1.29, 1.82) is 0 Å². The Morgan fingerprint density at radius 3 is 2.57 bits per heavy atom. The van der Waals surface area contributed by atoms with Crippen LogP contribution in [-0.2, 0) is 17.1 Å². The first kappa shape index (κ1) is 15.6. The number of hydrogen-bond acceptors (Lipinski definition) is 2. The minimum atomic E-state index is 0.122. The van der Waals surface area contributed by atoms with E-state index in [1.807, 2.05) is 30.3 Å². The highest BCUT2D eigenvalue weighted by Crippen LogP contribution is 2.12. The standard InChI is InChI=1S/C18H21NOS/c1-15-6-5-9-17(12-15)13-19-18(20)10-11-21-14-16-7-3-2-4-8-16/h2-9,12H,10-11,13-14H2,1H3,(H,19,20). The second-order valence-corrected chi connectivity index (χ2v) is 6.16. The molecule has 1 N–H and O–H groups in total. The van der Waals surface area contributed by atoms with Crippen molar-refractivity contribution in [2.45, 2.75) is 25.6 Å². The van der Waals surface area contributed by atoms with Crippen LogP contribution < -0.4 is 5.32 Å².